The van der Waals surface area contributed by atoms with Crippen molar-refractivity contribution in [1.29, 1.82) is 0 Å². The minimum absolute atomic E-state index is 0.0779. The van der Waals surface area contributed by atoms with Crippen LogP contribution in [0.25, 0.3) is 0 Å². The highest BCUT2D eigenvalue weighted by Crippen LogP contribution is 2.15. The Morgan fingerprint density at radius 1 is 1.47 bits per heavy atom. The van der Waals surface area contributed by atoms with E-state index in [2.05, 4.69) is 24.3 Å². The predicted molar refractivity (Wildman–Crippen MR) is 68.7 cm³/mol. The van der Waals surface area contributed by atoms with Gasteiger partial charge in [0, 0.05) is 26.3 Å². The summed E-state index contributed by atoms with van der Waals surface area (Å²) in [7, 11) is 1.62. The lowest BCUT2D eigenvalue weighted by atomic mass is 10.1. The highest BCUT2D eigenvalue weighted by Gasteiger charge is 2.28. The maximum Gasteiger partial charge on any atom is 0.162 e. The number of rotatable bonds is 6. The number of nitrogens with zero attached hydrogens (tertiary/aromatic N) is 1. The van der Waals surface area contributed by atoms with Gasteiger partial charge in [0.15, 0.2) is 5.76 Å². The molecule has 0 radical (unpaired) electrons. The van der Waals surface area contributed by atoms with Crippen molar-refractivity contribution in [3.63, 3.8) is 0 Å². The van der Waals surface area contributed by atoms with Crippen LogP contribution in [0.15, 0.2) is 10.6 Å². The molecule has 0 saturated carbocycles. The van der Waals surface area contributed by atoms with Gasteiger partial charge in [-0.05, 0) is 13.8 Å². The van der Waals surface area contributed by atoms with E-state index in [1.807, 2.05) is 6.07 Å². The second-order valence-corrected chi connectivity index (χ2v) is 5.36. The van der Waals surface area contributed by atoms with Gasteiger partial charge >= 0.3 is 0 Å². The maximum atomic E-state index is 5.90. The second kappa shape index (κ2) is 6.47. The molecule has 1 unspecified atom stereocenters. The van der Waals surface area contributed by atoms with E-state index in [1.54, 1.807) is 7.11 Å². The molecule has 1 aliphatic rings. The van der Waals surface area contributed by atoms with Gasteiger partial charge in [0.25, 0.3) is 0 Å². The fourth-order valence-electron chi connectivity index (χ4n) is 2.09. The van der Waals surface area contributed by atoms with Crippen molar-refractivity contribution in [3.05, 3.63) is 17.5 Å². The van der Waals surface area contributed by atoms with E-state index in [0.717, 1.165) is 18.8 Å². The smallest absolute Gasteiger partial charge is 0.162 e. The van der Waals surface area contributed by atoms with Gasteiger partial charge in [0.2, 0.25) is 0 Å². The van der Waals surface area contributed by atoms with Gasteiger partial charge in [-0.2, -0.15) is 0 Å². The number of morpholine rings is 1. The van der Waals surface area contributed by atoms with E-state index >= 15 is 0 Å². The van der Waals surface area contributed by atoms with Crippen LogP contribution < -0.4 is 5.32 Å². The van der Waals surface area contributed by atoms with Crippen LogP contribution in [0.2, 0.25) is 0 Å². The Labute approximate surface area is 113 Å². The summed E-state index contributed by atoms with van der Waals surface area (Å²) in [5, 5.41) is 7.25. The number of ether oxygens (including phenoxy) is 3. The van der Waals surface area contributed by atoms with Crippen LogP contribution in [0, 0.1) is 0 Å². The molecule has 2 heterocycles. The molecule has 2 rings (SSSR count). The molecule has 6 nitrogen and oxygen atoms in total. The van der Waals surface area contributed by atoms with Crippen molar-refractivity contribution in [1.82, 2.24) is 10.5 Å². The largest absolute Gasteiger partial charge is 0.377 e. The molecule has 1 aromatic heterocycles. The molecule has 1 fully saturated rings. The Morgan fingerprint density at radius 3 is 3.05 bits per heavy atom. The zero-order chi connectivity index (χ0) is 13.7. The topological polar surface area (TPSA) is 65.8 Å². The summed E-state index contributed by atoms with van der Waals surface area (Å²) in [6.07, 6.45) is 0.0779. The van der Waals surface area contributed by atoms with Gasteiger partial charge in [-0.1, -0.05) is 5.16 Å². The van der Waals surface area contributed by atoms with Gasteiger partial charge in [0.1, 0.15) is 12.3 Å². The van der Waals surface area contributed by atoms with Crippen molar-refractivity contribution in [2.75, 3.05) is 26.8 Å². The lowest BCUT2D eigenvalue weighted by Crippen LogP contribution is -2.51. The standard InChI is InChI=1S/C13H22N2O4/c1-13(2)9-14-5-12(18-13)8-17-6-10-4-11(7-16-3)19-15-10/h4,12,14H,5-9H2,1-3H3. The second-order valence-electron chi connectivity index (χ2n) is 5.36. The van der Waals surface area contributed by atoms with E-state index in [-0.39, 0.29) is 11.7 Å². The van der Waals surface area contributed by atoms with E-state index in [0.29, 0.717) is 25.6 Å². The van der Waals surface area contributed by atoms with Crippen LogP contribution in [-0.2, 0) is 27.4 Å². The fraction of sp³-hybridized carbons (Fsp3) is 0.769. The molecular formula is C13H22N2O4. The average Bonchev–Trinajstić information content (AvgIpc) is 2.76. The van der Waals surface area contributed by atoms with Crippen molar-refractivity contribution in [2.24, 2.45) is 0 Å². The summed E-state index contributed by atoms with van der Waals surface area (Å²) in [6.45, 7) is 7.22. The van der Waals surface area contributed by atoms with Crippen molar-refractivity contribution in [2.45, 2.75) is 38.8 Å². The van der Waals surface area contributed by atoms with E-state index in [4.69, 9.17) is 18.7 Å². The van der Waals surface area contributed by atoms with Crippen LogP contribution in [0.5, 0.6) is 0 Å². The molecule has 1 aromatic rings. The summed E-state index contributed by atoms with van der Waals surface area (Å²) < 4.78 is 21.6. The van der Waals surface area contributed by atoms with Crippen molar-refractivity contribution >= 4 is 0 Å². The third-order valence-corrected chi connectivity index (χ3v) is 2.86. The van der Waals surface area contributed by atoms with Gasteiger partial charge in [-0.15, -0.1) is 0 Å². The highest BCUT2D eigenvalue weighted by atomic mass is 16.6. The molecule has 1 saturated heterocycles. The Bertz CT molecular complexity index is 392. The molecule has 0 amide bonds. The molecule has 0 bridgehead atoms. The first-order valence-corrected chi connectivity index (χ1v) is 6.49. The summed E-state index contributed by atoms with van der Waals surface area (Å²) in [6, 6.07) is 1.84. The van der Waals surface area contributed by atoms with Crippen molar-refractivity contribution < 1.29 is 18.7 Å². The summed E-state index contributed by atoms with van der Waals surface area (Å²) >= 11 is 0. The first-order valence-electron chi connectivity index (χ1n) is 6.49. The average molecular weight is 270 g/mol. The molecule has 1 N–H and O–H groups in total. The molecule has 1 atom stereocenters. The number of methoxy groups -OCH3 is 1. The minimum atomic E-state index is -0.133. The van der Waals surface area contributed by atoms with Crippen molar-refractivity contribution in [3.8, 4) is 0 Å². The molecular weight excluding hydrogens is 248 g/mol. The molecule has 0 aliphatic carbocycles. The number of hydrogen-bond donors (Lipinski definition) is 1. The number of aromatic nitrogens is 1. The third-order valence-electron chi connectivity index (χ3n) is 2.86. The predicted octanol–water partition coefficient (Wildman–Crippen LogP) is 1.10. The Kier molecular flexibility index (Phi) is 4.93. The van der Waals surface area contributed by atoms with Crippen LogP contribution in [0.1, 0.15) is 25.3 Å². The monoisotopic (exact) mass is 270 g/mol. The van der Waals surface area contributed by atoms with Crippen LogP contribution >= 0.6 is 0 Å². The SMILES string of the molecule is COCc1cc(COCC2CNCC(C)(C)O2)no1. The Balaban J connectivity index is 1.70. The van der Waals surface area contributed by atoms with E-state index in [9.17, 15) is 0 Å². The van der Waals surface area contributed by atoms with Gasteiger partial charge in [-0.3, -0.25) is 0 Å². The molecule has 108 valence electrons. The van der Waals surface area contributed by atoms with Crippen LogP contribution in [0.4, 0.5) is 0 Å². The minimum Gasteiger partial charge on any atom is -0.377 e. The molecule has 6 heteroatoms. The summed E-state index contributed by atoms with van der Waals surface area (Å²) in [5.74, 6) is 0.706. The third kappa shape index (κ3) is 4.58. The molecule has 1 aliphatic heterocycles. The van der Waals surface area contributed by atoms with Gasteiger partial charge in [-0.25, -0.2) is 0 Å². The fourth-order valence-corrected chi connectivity index (χ4v) is 2.09. The Hall–Kier alpha value is -0.950. The highest BCUT2D eigenvalue weighted by molar-refractivity contribution is 5.03. The van der Waals surface area contributed by atoms with E-state index in [1.165, 1.54) is 0 Å². The first kappa shape index (κ1) is 14.5. The summed E-state index contributed by atoms with van der Waals surface area (Å²) in [5.41, 5.74) is 0.640. The maximum absolute atomic E-state index is 5.90. The summed E-state index contributed by atoms with van der Waals surface area (Å²) in [4.78, 5) is 0. The molecule has 0 aromatic carbocycles. The normalized spacial score (nSPS) is 22.6. The van der Waals surface area contributed by atoms with Crippen LogP contribution in [-0.4, -0.2) is 43.7 Å². The zero-order valence-electron chi connectivity index (χ0n) is 11.8. The van der Waals surface area contributed by atoms with Gasteiger partial charge < -0.3 is 24.1 Å². The molecule has 0 spiro atoms. The first-order chi connectivity index (χ1) is 9.09. The Morgan fingerprint density at radius 2 is 2.32 bits per heavy atom. The van der Waals surface area contributed by atoms with E-state index < -0.39 is 0 Å². The lowest BCUT2D eigenvalue weighted by molar-refractivity contribution is -0.122. The number of nitrogens with one attached hydrogen (secondary N) is 1. The quantitative estimate of drug-likeness (QED) is 0.835. The molecule has 19 heavy (non-hydrogen) atoms. The zero-order valence-corrected chi connectivity index (χ0v) is 11.8. The number of hydrogen-bond acceptors (Lipinski definition) is 6. The van der Waals surface area contributed by atoms with Crippen LogP contribution in [0.3, 0.4) is 0 Å². The lowest BCUT2D eigenvalue weighted by Gasteiger charge is -2.36. The van der Waals surface area contributed by atoms with Gasteiger partial charge in [0.05, 0.1) is 24.9 Å².